The lowest BCUT2D eigenvalue weighted by molar-refractivity contribution is 0.187. The maximum atomic E-state index is 11.6. The molecule has 2 aromatic heterocycles. The van der Waals surface area contributed by atoms with Crippen LogP contribution in [0, 0.1) is 0 Å². The van der Waals surface area contributed by atoms with Crippen LogP contribution in [0.25, 0.3) is 10.6 Å². The summed E-state index contributed by atoms with van der Waals surface area (Å²) in [6.07, 6.45) is 1.07. The number of nitrogens with one attached hydrogen (secondary N) is 2. The second-order valence-electron chi connectivity index (χ2n) is 5.27. The third-order valence-electron chi connectivity index (χ3n) is 3.59. The monoisotopic (exact) mass is 418 g/mol. The largest absolute Gasteiger partial charge is 0.497 e. The Hall–Kier alpha value is -3.11. The molecule has 8 nitrogen and oxygen atoms in total. The first-order valence-electron chi connectivity index (χ1n) is 8.05. The normalized spacial score (nSPS) is 10.7. The molecular formula is C18H18N4O4S2. The minimum atomic E-state index is -0.556. The zero-order valence-electron chi connectivity index (χ0n) is 15.4. The van der Waals surface area contributed by atoms with Gasteiger partial charge in [0.05, 0.1) is 32.4 Å². The number of hydrogen-bond acceptors (Lipinski definition) is 9. The summed E-state index contributed by atoms with van der Waals surface area (Å²) in [4.78, 5) is 17.1. The predicted octanol–water partition coefficient (Wildman–Crippen LogP) is 4.51. The molecule has 3 aromatic rings. The second-order valence-corrected chi connectivity index (χ2v) is 7.22. The number of methoxy groups -OCH3 is 3. The molecule has 0 spiro atoms. The molecule has 3 rings (SSSR count). The fourth-order valence-corrected chi connectivity index (χ4v) is 3.86. The summed E-state index contributed by atoms with van der Waals surface area (Å²) in [6.45, 7) is 0. The fourth-order valence-electron chi connectivity index (χ4n) is 2.26. The summed E-state index contributed by atoms with van der Waals surface area (Å²) in [6, 6.07) is 9.28. The highest BCUT2D eigenvalue weighted by Gasteiger charge is 2.16. The van der Waals surface area contributed by atoms with E-state index in [1.54, 1.807) is 26.5 Å². The van der Waals surface area contributed by atoms with Crippen molar-refractivity contribution in [3.63, 3.8) is 0 Å². The molecule has 0 saturated heterocycles. The Balaban J connectivity index is 1.80. The number of rotatable bonds is 7. The van der Waals surface area contributed by atoms with E-state index in [-0.39, 0.29) is 0 Å². The number of thiophene rings is 1. The van der Waals surface area contributed by atoms with Crippen LogP contribution < -0.4 is 20.2 Å². The molecule has 0 aliphatic carbocycles. The number of benzene rings is 1. The molecule has 0 fully saturated rings. The van der Waals surface area contributed by atoms with Crippen molar-refractivity contribution in [1.29, 1.82) is 0 Å². The molecule has 1 amide bonds. The summed E-state index contributed by atoms with van der Waals surface area (Å²) in [7, 11) is 4.49. The Morgan fingerprint density at radius 1 is 1.21 bits per heavy atom. The van der Waals surface area contributed by atoms with Gasteiger partial charge in [-0.2, -0.15) is 5.10 Å². The highest BCUT2D eigenvalue weighted by atomic mass is 32.1. The van der Waals surface area contributed by atoms with E-state index in [4.69, 9.17) is 9.47 Å². The number of thiazole rings is 1. The molecule has 146 valence electrons. The summed E-state index contributed by atoms with van der Waals surface area (Å²) in [5, 5.41) is 9.95. The number of ether oxygens (including phenoxy) is 3. The molecule has 2 N–H and O–H groups in total. The SMILES string of the molecule is COC(=O)Nc1sc(N/N=C/c2ccc(OC)cc2OC)nc1-c1cccs1. The van der Waals surface area contributed by atoms with Crippen LogP contribution in [-0.4, -0.2) is 38.6 Å². The van der Waals surface area contributed by atoms with Gasteiger partial charge in [-0.3, -0.25) is 10.7 Å². The van der Waals surface area contributed by atoms with Crippen molar-refractivity contribution < 1.29 is 19.0 Å². The van der Waals surface area contributed by atoms with E-state index in [1.807, 2.05) is 29.6 Å². The molecule has 0 aliphatic heterocycles. The van der Waals surface area contributed by atoms with Gasteiger partial charge in [0.2, 0.25) is 5.13 Å². The second kappa shape index (κ2) is 9.20. The van der Waals surface area contributed by atoms with Crippen LogP contribution >= 0.6 is 22.7 Å². The summed E-state index contributed by atoms with van der Waals surface area (Å²) in [5.74, 6) is 1.33. The third-order valence-corrected chi connectivity index (χ3v) is 5.34. The predicted molar refractivity (Wildman–Crippen MR) is 112 cm³/mol. The standard InChI is InChI=1S/C18H18N4O4S2/c1-24-12-7-6-11(13(9-12)25-2)10-19-22-17-20-15(14-5-4-8-27-14)16(28-17)21-18(23)26-3/h4-10H,1-3H3,(H,20,22)(H,21,23)/b19-10+. The average molecular weight is 419 g/mol. The molecule has 0 atom stereocenters. The molecule has 1 aromatic carbocycles. The molecule has 0 unspecified atom stereocenters. The van der Waals surface area contributed by atoms with Crippen LogP contribution in [0.3, 0.4) is 0 Å². The van der Waals surface area contributed by atoms with E-state index < -0.39 is 6.09 Å². The molecule has 0 bridgehead atoms. The van der Waals surface area contributed by atoms with E-state index in [0.29, 0.717) is 27.3 Å². The molecule has 0 radical (unpaired) electrons. The summed E-state index contributed by atoms with van der Waals surface area (Å²) >= 11 is 2.78. The number of carbonyl (C=O) groups excluding carboxylic acids is 1. The van der Waals surface area contributed by atoms with Crippen LogP contribution in [0.4, 0.5) is 14.9 Å². The number of carbonyl (C=O) groups is 1. The highest BCUT2D eigenvalue weighted by Crippen LogP contribution is 2.38. The number of amides is 1. The Labute approximate surface area is 169 Å². The number of nitrogens with zero attached hydrogens (tertiary/aromatic N) is 2. The summed E-state index contributed by atoms with van der Waals surface area (Å²) < 4.78 is 15.2. The Bertz CT molecular complexity index is 970. The molecule has 2 heterocycles. The molecule has 28 heavy (non-hydrogen) atoms. The fraction of sp³-hybridized carbons (Fsp3) is 0.167. The van der Waals surface area contributed by atoms with Gasteiger partial charge in [-0.1, -0.05) is 17.4 Å². The van der Waals surface area contributed by atoms with Gasteiger partial charge in [0, 0.05) is 11.6 Å². The van der Waals surface area contributed by atoms with Gasteiger partial charge < -0.3 is 14.2 Å². The van der Waals surface area contributed by atoms with Gasteiger partial charge >= 0.3 is 6.09 Å². The first-order chi connectivity index (χ1) is 13.6. The van der Waals surface area contributed by atoms with Crippen molar-refractivity contribution in [2.75, 3.05) is 32.1 Å². The zero-order chi connectivity index (χ0) is 19.9. The minimum absolute atomic E-state index is 0.526. The summed E-state index contributed by atoms with van der Waals surface area (Å²) in [5.41, 5.74) is 4.32. The maximum Gasteiger partial charge on any atom is 0.412 e. The Morgan fingerprint density at radius 2 is 2.07 bits per heavy atom. The lowest BCUT2D eigenvalue weighted by atomic mass is 10.2. The zero-order valence-corrected chi connectivity index (χ0v) is 17.0. The molecule has 0 saturated carbocycles. The van der Waals surface area contributed by atoms with E-state index in [2.05, 4.69) is 25.6 Å². The lowest BCUT2D eigenvalue weighted by Crippen LogP contribution is -2.10. The minimum Gasteiger partial charge on any atom is -0.497 e. The van der Waals surface area contributed by atoms with Gasteiger partial charge in [0.15, 0.2) is 0 Å². The van der Waals surface area contributed by atoms with E-state index in [1.165, 1.54) is 29.8 Å². The van der Waals surface area contributed by atoms with Crippen molar-refractivity contribution in [3.8, 4) is 22.1 Å². The third kappa shape index (κ3) is 4.59. The van der Waals surface area contributed by atoms with Gasteiger partial charge in [0.1, 0.15) is 22.2 Å². The molecule has 0 aliphatic rings. The quantitative estimate of drug-likeness (QED) is 0.433. The number of aromatic nitrogens is 1. The number of hydrazone groups is 1. The van der Waals surface area contributed by atoms with Gasteiger partial charge in [0.25, 0.3) is 0 Å². The Morgan fingerprint density at radius 3 is 2.75 bits per heavy atom. The van der Waals surface area contributed by atoms with Crippen molar-refractivity contribution >= 4 is 45.1 Å². The molecule has 10 heteroatoms. The topological polar surface area (TPSA) is 94.1 Å². The number of anilines is 2. The van der Waals surface area contributed by atoms with Crippen LogP contribution in [0.15, 0.2) is 40.8 Å². The van der Waals surface area contributed by atoms with E-state index >= 15 is 0 Å². The number of hydrogen-bond donors (Lipinski definition) is 2. The van der Waals surface area contributed by atoms with E-state index in [9.17, 15) is 4.79 Å². The average Bonchev–Trinajstić information content (AvgIpc) is 3.38. The smallest absolute Gasteiger partial charge is 0.412 e. The van der Waals surface area contributed by atoms with Crippen molar-refractivity contribution in [2.45, 2.75) is 0 Å². The van der Waals surface area contributed by atoms with E-state index in [0.717, 1.165) is 10.4 Å². The lowest BCUT2D eigenvalue weighted by Gasteiger charge is -2.06. The molecular weight excluding hydrogens is 400 g/mol. The van der Waals surface area contributed by atoms with Gasteiger partial charge in [-0.25, -0.2) is 9.78 Å². The van der Waals surface area contributed by atoms with Crippen molar-refractivity contribution in [3.05, 3.63) is 41.3 Å². The van der Waals surface area contributed by atoms with Gasteiger partial charge in [-0.05, 0) is 23.6 Å². The van der Waals surface area contributed by atoms with Gasteiger partial charge in [-0.15, -0.1) is 11.3 Å². The van der Waals surface area contributed by atoms with Crippen molar-refractivity contribution in [1.82, 2.24) is 4.98 Å². The van der Waals surface area contributed by atoms with Crippen LogP contribution in [0.1, 0.15) is 5.56 Å². The Kier molecular flexibility index (Phi) is 6.45. The van der Waals surface area contributed by atoms with Crippen molar-refractivity contribution in [2.24, 2.45) is 5.10 Å². The van der Waals surface area contributed by atoms with Crippen LogP contribution in [0.2, 0.25) is 0 Å². The van der Waals surface area contributed by atoms with Crippen LogP contribution in [0.5, 0.6) is 11.5 Å². The first kappa shape index (κ1) is 19.6. The highest BCUT2D eigenvalue weighted by molar-refractivity contribution is 7.21. The maximum absolute atomic E-state index is 11.6. The first-order valence-corrected chi connectivity index (χ1v) is 9.75. The van der Waals surface area contributed by atoms with Crippen LogP contribution in [-0.2, 0) is 4.74 Å².